The van der Waals surface area contributed by atoms with Gasteiger partial charge in [-0.3, -0.25) is 9.59 Å². The van der Waals surface area contributed by atoms with E-state index in [0.717, 1.165) is 29.2 Å². The van der Waals surface area contributed by atoms with E-state index < -0.39 is 51.7 Å². The first kappa shape index (κ1) is 27.6. The molecule has 15 heteroatoms. The number of rotatable bonds is 10. The number of aliphatic carboxylic acids is 1. The van der Waals surface area contributed by atoms with Crippen molar-refractivity contribution in [3.05, 3.63) is 48.3 Å². The number of urea groups is 1. The lowest BCUT2D eigenvalue weighted by molar-refractivity contribution is -0.141. The Morgan fingerprint density at radius 3 is 2.57 bits per heavy atom. The summed E-state index contributed by atoms with van der Waals surface area (Å²) in [4.78, 5) is 56.5. The Morgan fingerprint density at radius 1 is 1.19 bits per heavy atom. The fraction of sp³-hybridized carbons (Fsp3) is 0.409. The van der Waals surface area contributed by atoms with Crippen molar-refractivity contribution in [1.82, 2.24) is 30.2 Å². The van der Waals surface area contributed by atoms with E-state index in [0.29, 0.717) is 18.5 Å². The van der Waals surface area contributed by atoms with Crippen molar-refractivity contribution < 1.29 is 37.1 Å². The molecular weight excluding hydrogens is 511 g/mol. The van der Waals surface area contributed by atoms with Crippen LogP contribution in [0.5, 0.6) is 0 Å². The average molecular weight is 539 g/mol. The SMILES string of the molecule is O=C(CCNC(=O)[C@H]1CCCCN1C(=O)NS(=O)(=O)c1ccc(F)cc1)NC(Cc1cnc[nH]1)C(=O)O. The van der Waals surface area contributed by atoms with Gasteiger partial charge in [0.25, 0.3) is 10.0 Å². The minimum Gasteiger partial charge on any atom is -0.480 e. The van der Waals surface area contributed by atoms with Gasteiger partial charge in [0.1, 0.15) is 17.9 Å². The van der Waals surface area contributed by atoms with Crippen LogP contribution in [0.1, 0.15) is 31.4 Å². The van der Waals surface area contributed by atoms with Crippen LogP contribution in [-0.4, -0.2) is 77.4 Å². The first-order valence-electron chi connectivity index (χ1n) is 11.4. The largest absolute Gasteiger partial charge is 0.480 e. The summed E-state index contributed by atoms with van der Waals surface area (Å²) in [7, 11) is -4.29. The van der Waals surface area contributed by atoms with Gasteiger partial charge in [0.05, 0.1) is 11.2 Å². The van der Waals surface area contributed by atoms with Crippen molar-refractivity contribution in [3.63, 3.8) is 0 Å². The molecule has 1 fully saturated rings. The van der Waals surface area contributed by atoms with Gasteiger partial charge in [-0.25, -0.2) is 32.1 Å². The lowest BCUT2D eigenvalue weighted by Crippen LogP contribution is -2.55. The van der Waals surface area contributed by atoms with Crippen LogP contribution in [-0.2, 0) is 30.8 Å². The number of likely N-dealkylation sites (tertiary alicyclic amines) is 1. The van der Waals surface area contributed by atoms with Crippen molar-refractivity contribution in [3.8, 4) is 0 Å². The molecular formula is C22H27FN6O7S. The summed E-state index contributed by atoms with van der Waals surface area (Å²) in [6, 6.07) is 0.771. The molecule has 37 heavy (non-hydrogen) atoms. The predicted molar refractivity (Wildman–Crippen MR) is 126 cm³/mol. The van der Waals surface area contributed by atoms with Gasteiger partial charge in [-0.05, 0) is 43.5 Å². The molecule has 1 unspecified atom stereocenters. The second-order valence-electron chi connectivity index (χ2n) is 8.35. The lowest BCUT2D eigenvalue weighted by Gasteiger charge is -2.34. The zero-order valence-corrected chi connectivity index (χ0v) is 20.5. The maximum atomic E-state index is 13.1. The third kappa shape index (κ3) is 7.73. The number of halogens is 1. The summed E-state index contributed by atoms with van der Waals surface area (Å²) in [6.07, 6.45) is 4.09. The number of piperidine rings is 1. The molecule has 4 amide bonds. The third-order valence-electron chi connectivity index (χ3n) is 5.68. The molecule has 3 rings (SSSR count). The molecule has 2 heterocycles. The van der Waals surface area contributed by atoms with E-state index in [2.05, 4.69) is 20.6 Å². The number of sulfonamides is 1. The van der Waals surface area contributed by atoms with E-state index in [4.69, 9.17) is 0 Å². The number of nitrogens with one attached hydrogen (secondary N) is 4. The van der Waals surface area contributed by atoms with Crippen LogP contribution in [0.15, 0.2) is 41.7 Å². The molecule has 200 valence electrons. The summed E-state index contributed by atoms with van der Waals surface area (Å²) < 4.78 is 40.0. The van der Waals surface area contributed by atoms with Crippen LogP contribution in [0, 0.1) is 5.82 Å². The van der Waals surface area contributed by atoms with Crippen LogP contribution < -0.4 is 15.4 Å². The van der Waals surface area contributed by atoms with Gasteiger partial charge in [-0.15, -0.1) is 0 Å². The van der Waals surface area contributed by atoms with E-state index in [9.17, 15) is 37.1 Å². The highest BCUT2D eigenvalue weighted by Gasteiger charge is 2.34. The molecule has 1 aromatic heterocycles. The minimum atomic E-state index is -4.29. The average Bonchev–Trinajstić information content (AvgIpc) is 3.36. The molecule has 1 aliphatic heterocycles. The summed E-state index contributed by atoms with van der Waals surface area (Å²) in [5.74, 6) is -3.04. The standard InChI is InChI=1S/C22H27FN6O7S/c23-14-4-6-16(7-5-14)37(35,36)28-22(34)29-10-2-1-3-18(29)20(31)25-9-8-19(30)27-17(21(32)33)11-15-12-24-13-26-15/h4-7,12-13,17-18H,1-3,8-11H2,(H,24,26)(H,25,31)(H,27,30)(H,28,34)(H,32,33)/t17?,18-/m1/s1. The van der Waals surface area contributed by atoms with E-state index in [1.807, 2.05) is 4.72 Å². The molecule has 1 aliphatic rings. The second kappa shape index (κ2) is 12.3. The second-order valence-corrected chi connectivity index (χ2v) is 10.0. The molecule has 0 aliphatic carbocycles. The number of hydrogen-bond acceptors (Lipinski definition) is 7. The molecule has 0 spiro atoms. The third-order valence-corrected chi connectivity index (χ3v) is 7.01. The van der Waals surface area contributed by atoms with E-state index in [-0.39, 0.29) is 37.2 Å². The summed E-state index contributed by atoms with van der Waals surface area (Å²) in [5.41, 5.74) is 0.526. The van der Waals surface area contributed by atoms with Gasteiger partial charge in [-0.2, -0.15) is 0 Å². The fourth-order valence-corrected chi connectivity index (χ4v) is 4.75. The van der Waals surface area contributed by atoms with Gasteiger partial charge in [-0.1, -0.05) is 0 Å². The highest BCUT2D eigenvalue weighted by molar-refractivity contribution is 7.90. The van der Waals surface area contributed by atoms with Crippen molar-refractivity contribution in [2.45, 2.75) is 49.1 Å². The number of aromatic amines is 1. The Labute approximate surface area is 211 Å². The first-order valence-corrected chi connectivity index (χ1v) is 12.9. The number of carboxylic acids is 1. The van der Waals surface area contributed by atoms with Gasteiger partial charge in [0.15, 0.2) is 0 Å². The number of hydrogen-bond donors (Lipinski definition) is 5. The lowest BCUT2D eigenvalue weighted by atomic mass is 10.0. The molecule has 13 nitrogen and oxygen atoms in total. The number of benzene rings is 1. The zero-order chi connectivity index (χ0) is 27.0. The Morgan fingerprint density at radius 2 is 1.92 bits per heavy atom. The molecule has 0 radical (unpaired) electrons. The zero-order valence-electron chi connectivity index (χ0n) is 19.6. The fourth-order valence-electron chi connectivity index (χ4n) is 3.79. The first-order chi connectivity index (χ1) is 17.6. The van der Waals surface area contributed by atoms with Crippen LogP contribution in [0.4, 0.5) is 9.18 Å². The van der Waals surface area contributed by atoms with Gasteiger partial charge in [0, 0.05) is 37.8 Å². The number of imidazole rings is 1. The number of carboxylic acid groups (broad SMARTS) is 1. The molecule has 0 saturated carbocycles. The number of carbonyl (C=O) groups excluding carboxylic acids is 3. The van der Waals surface area contributed by atoms with Crippen LogP contribution in [0.3, 0.4) is 0 Å². The van der Waals surface area contributed by atoms with Crippen molar-refractivity contribution >= 4 is 33.8 Å². The summed E-state index contributed by atoms with van der Waals surface area (Å²) in [6.45, 7) is 0.0120. The van der Waals surface area contributed by atoms with E-state index in [1.165, 1.54) is 12.5 Å². The van der Waals surface area contributed by atoms with Gasteiger partial charge < -0.3 is 25.6 Å². The number of aromatic nitrogens is 2. The minimum absolute atomic E-state index is 0.000405. The Kier molecular flexibility index (Phi) is 9.16. The monoisotopic (exact) mass is 538 g/mol. The Balaban J connectivity index is 1.52. The number of nitrogens with zero attached hydrogens (tertiary/aromatic N) is 2. The normalized spacial score (nSPS) is 16.5. The van der Waals surface area contributed by atoms with Crippen LogP contribution >= 0.6 is 0 Å². The van der Waals surface area contributed by atoms with Crippen LogP contribution in [0.2, 0.25) is 0 Å². The summed E-state index contributed by atoms with van der Waals surface area (Å²) in [5, 5.41) is 14.2. The van der Waals surface area contributed by atoms with Gasteiger partial charge in [0.2, 0.25) is 11.8 Å². The number of H-pyrrole nitrogens is 1. The number of carbonyl (C=O) groups is 4. The predicted octanol–water partition coefficient (Wildman–Crippen LogP) is 0.120. The van der Waals surface area contributed by atoms with Gasteiger partial charge >= 0.3 is 12.0 Å². The highest BCUT2D eigenvalue weighted by Crippen LogP contribution is 2.18. The quantitative estimate of drug-likeness (QED) is 0.282. The maximum absolute atomic E-state index is 13.1. The molecule has 0 bridgehead atoms. The van der Waals surface area contributed by atoms with E-state index >= 15 is 0 Å². The molecule has 2 aromatic rings. The topological polar surface area (TPSA) is 191 Å². The Bertz CT molecular complexity index is 1220. The summed E-state index contributed by atoms with van der Waals surface area (Å²) >= 11 is 0. The Hall–Kier alpha value is -4.01. The molecule has 2 atom stereocenters. The van der Waals surface area contributed by atoms with Crippen molar-refractivity contribution in [2.75, 3.05) is 13.1 Å². The number of amides is 4. The van der Waals surface area contributed by atoms with Crippen molar-refractivity contribution in [1.29, 1.82) is 0 Å². The van der Waals surface area contributed by atoms with E-state index in [1.54, 1.807) is 0 Å². The smallest absolute Gasteiger partial charge is 0.331 e. The molecule has 5 N–H and O–H groups in total. The maximum Gasteiger partial charge on any atom is 0.331 e. The van der Waals surface area contributed by atoms with Crippen molar-refractivity contribution in [2.24, 2.45) is 0 Å². The molecule has 1 aromatic carbocycles. The highest BCUT2D eigenvalue weighted by atomic mass is 32.2. The van der Waals surface area contributed by atoms with Crippen LogP contribution in [0.25, 0.3) is 0 Å². The molecule has 1 saturated heterocycles.